The summed E-state index contributed by atoms with van der Waals surface area (Å²) in [5, 5.41) is 5.50. The van der Waals surface area contributed by atoms with E-state index in [9.17, 15) is 31.6 Å². The Labute approximate surface area is 298 Å². The maximum absolute atomic E-state index is 13.6. The Morgan fingerprint density at radius 1 is 0.962 bits per heavy atom. The topological polar surface area (TPSA) is 161 Å². The number of aromatic nitrogens is 4. The number of piperidine rings is 3. The molecule has 17 heteroatoms. The SMILES string of the molecule is Cn1c(=O)n(C2CCC(=O)NC2=O)c2cccc(C3CCN(Cc4cccc(S(=O)(=O)N5CCC(Nc6ncc(OC(F)F)cn6)CC5)c4)CC3)c21. The molecule has 4 aromatic rings. The van der Waals surface area contributed by atoms with Gasteiger partial charge in [-0.2, -0.15) is 13.1 Å². The van der Waals surface area contributed by atoms with Crippen LogP contribution in [-0.2, 0) is 33.2 Å². The van der Waals surface area contributed by atoms with Crippen LogP contribution in [0.2, 0.25) is 0 Å². The summed E-state index contributed by atoms with van der Waals surface area (Å²) in [7, 11) is -2.01. The van der Waals surface area contributed by atoms with Crippen LogP contribution < -0.4 is 21.1 Å². The summed E-state index contributed by atoms with van der Waals surface area (Å²) >= 11 is 0. The van der Waals surface area contributed by atoms with Crippen LogP contribution in [0, 0.1) is 0 Å². The number of carbonyl (C=O) groups is 2. The molecule has 1 unspecified atom stereocenters. The number of likely N-dealkylation sites (tertiary alicyclic amines) is 1. The van der Waals surface area contributed by atoms with Crippen LogP contribution in [-0.4, -0.2) is 87.4 Å². The van der Waals surface area contributed by atoms with Crippen molar-refractivity contribution in [3.8, 4) is 5.75 Å². The molecule has 2 aromatic carbocycles. The number of nitrogens with zero attached hydrogens (tertiary/aromatic N) is 6. The summed E-state index contributed by atoms with van der Waals surface area (Å²) in [5.74, 6) is -0.478. The highest BCUT2D eigenvalue weighted by atomic mass is 32.2. The molecular weight excluding hydrogens is 698 g/mol. The lowest BCUT2D eigenvalue weighted by Gasteiger charge is -2.33. The molecule has 5 heterocycles. The number of anilines is 1. The number of para-hydroxylation sites is 1. The molecule has 2 amide bonds. The number of nitrogens with one attached hydrogen (secondary N) is 2. The van der Waals surface area contributed by atoms with Crippen molar-refractivity contribution in [3.05, 3.63) is 76.5 Å². The Morgan fingerprint density at radius 3 is 2.37 bits per heavy atom. The fourth-order valence-corrected chi connectivity index (χ4v) is 9.16. The molecule has 0 aliphatic carbocycles. The molecular formula is C35H40F2N8O6S. The first-order chi connectivity index (χ1) is 25.0. The van der Waals surface area contributed by atoms with Crippen LogP contribution in [0.1, 0.15) is 61.6 Å². The van der Waals surface area contributed by atoms with Gasteiger partial charge in [0.05, 0.1) is 28.3 Å². The van der Waals surface area contributed by atoms with E-state index in [1.807, 2.05) is 24.3 Å². The molecule has 0 saturated carbocycles. The zero-order chi connectivity index (χ0) is 36.6. The predicted octanol–water partition coefficient (Wildman–Crippen LogP) is 3.35. The third kappa shape index (κ3) is 7.29. The van der Waals surface area contributed by atoms with Crippen LogP contribution in [0.25, 0.3) is 11.0 Å². The summed E-state index contributed by atoms with van der Waals surface area (Å²) in [4.78, 5) is 48.4. The van der Waals surface area contributed by atoms with E-state index >= 15 is 0 Å². The Balaban J connectivity index is 0.960. The summed E-state index contributed by atoms with van der Waals surface area (Å²) in [6.45, 7) is -0.190. The second-order valence-corrected chi connectivity index (χ2v) is 15.5. The van der Waals surface area contributed by atoms with Crippen LogP contribution >= 0.6 is 0 Å². The largest absolute Gasteiger partial charge is 0.432 e. The number of fused-ring (bicyclic) bond motifs is 1. The van der Waals surface area contributed by atoms with Crippen molar-refractivity contribution in [1.82, 2.24) is 33.6 Å². The van der Waals surface area contributed by atoms with E-state index in [0.717, 1.165) is 55.0 Å². The zero-order valence-electron chi connectivity index (χ0n) is 28.6. The van der Waals surface area contributed by atoms with Gasteiger partial charge < -0.3 is 10.1 Å². The molecule has 7 rings (SSSR count). The summed E-state index contributed by atoms with van der Waals surface area (Å²) in [6, 6.07) is 12.1. The van der Waals surface area contributed by atoms with Crippen LogP contribution in [0.5, 0.6) is 5.75 Å². The standard InChI is InChI=1S/C35H40F2N8O6S/c1-42-31-27(6-3-7-28(31)45(35(42)48)29-8-9-30(46)41-32(29)47)23-10-14-43(15-11-23)21-22-4-2-5-26(18-22)52(49,50)44-16-12-24(13-17-44)40-34-38-19-25(20-39-34)51-33(36)37/h2-7,18-20,23-24,29,33H,8-17,21H2,1H3,(H,38,39,40)(H,41,46,47). The normalized spacial score (nSPS) is 20.0. The van der Waals surface area contributed by atoms with Gasteiger partial charge in [0.15, 0.2) is 5.75 Å². The van der Waals surface area contributed by atoms with Gasteiger partial charge in [-0.3, -0.25) is 28.9 Å². The molecule has 0 spiro atoms. The number of benzene rings is 2. The smallest absolute Gasteiger partial charge is 0.387 e. The van der Waals surface area contributed by atoms with E-state index in [0.29, 0.717) is 38.0 Å². The van der Waals surface area contributed by atoms with Gasteiger partial charge in [0.25, 0.3) is 0 Å². The molecule has 52 heavy (non-hydrogen) atoms. The summed E-state index contributed by atoms with van der Waals surface area (Å²) in [6.07, 6.45) is 5.52. The second-order valence-electron chi connectivity index (χ2n) is 13.5. The first-order valence-corrected chi connectivity index (χ1v) is 18.8. The monoisotopic (exact) mass is 738 g/mol. The number of aryl methyl sites for hydroxylation is 1. The number of sulfonamides is 1. The quantitative estimate of drug-likeness (QED) is 0.231. The molecule has 3 aliphatic rings. The molecule has 1 atom stereocenters. The number of ether oxygens (including phenoxy) is 1. The number of rotatable bonds is 10. The molecule has 0 radical (unpaired) electrons. The molecule has 14 nitrogen and oxygen atoms in total. The van der Waals surface area contributed by atoms with E-state index in [4.69, 9.17) is 0 Å². The van der Waals surface area contributed by atoms with Crippen molar-refractivity contribution in [2.45, 2.75) is 74.6 Å². The second kappa shape index (κ2) is 14.7. The predicted molar refractivity (Wildman–Crippen MR) is 186 cm³/mol. The van der Waals surface area contributed by atoms with Gasteiger partial charge in [-0.1, -0.05) is 24.3 Å². The maximum atomic E-state index is 13.6. The summed E-state index contributed by atoms with van der Waals surface area (Å²) < 4.78 is 61.0. The Kier molecular flexibility index (Phi) is 10.1. The molecule has 3 fully saturated rings. The third-order valence-corrected chi connectivity index (χ3v) is 12.2. The molecule has 276 valence electrons. The van der Waals surface area contributed by atoms with Crippen molar-refractivity contribution in [3.63, 3.8) is 0 Å². The minimum atomic E-state index is -3.73. The van der Waals surface area contributed by atoms with E-state index in [2.05, 4.69) is 30.2 Å². The van der Waals surface area contributed by atoms with Crippen molar-refractivity contribution >= 4 is 38.8 Å². The molecule has 2 N–H and O–H groups in total. The first-order valence-electron chi connectivity index (χ1n) is 17.4. The molecule has 3 saturated heterocycles. The minimum Gasteiger partial charge on any atom is -0.432 e. The Hall–Kier alpha value is -4.74. The van der Waals surface area contributed by atoms with Gasteiger partial charge in [0, 0.05) is 39.1 Å². The van der Waals surface area contributed by atoms with Crippen LogP contribution in [0.4, 0.5) is 14.7 Å². The van der Waals surface area contributed by atoms with E-state index in [-0.39, 0.29) is 53.0 Å². The lowest BCUT2D eigenvalue weighted by Crippen LogP contribution is -2.44. The highest BCUT2D eigenvalue weighted by Gasteiger charge is 2.33. The highest BCUT2D eigenvalue weighted by molar-refractivity contribution is 7.89. The van der Waals surface area contributed by atoms with Gasteiger partial charge in [0.2, 0.25) is 27.8 Å². The van der Waals surface area contributed by atoms with Crippen molar-refractivity contribution in [2.24, 2.45) is 7.05 Å². The number of halogens is 2. The highest BCUT2D eigenvalue weighted by Crippen LogP contribution is 2.35. The lowest BCUT2D eigenvalue weighted by atomic mass is 9.88. The zero-order valence-corrected chi connectivity index (χ0v) is 29.4. The molecule has 2 aromatic heterocycles. The number of alkyl halides is 2. The van der Waals surface area contributed by atoms with E-state index in [1.54, 1.807) is 29.8 Å². The van der Waals surface area contributed by atoms with Gasteiger partial charge in [-0.25, -0.2) is 23.2 Å². The fourth-order valence-electron chi connectivity index (χ4n) is 7.62. The van der Waals surface area contributed by atoms with Gasteiger partial charge >= 0.3 is 12.3 Å². The minimum absolute atomic E-state index is 0.0790. The fraction of sp³-hybridized carbons (Fsp3) is 0.457. The van der Waals surface area contributed by atoms with Crippen molar-refractivity contribution in [2.75, 3.05) is 31.5 Å². The average molecular weight is 739 g/mol. The van der Waals surface area contributed by atoms with Gasteiger partial charge in [-0.05, 0) is 80.4 Å². The number of imide groups is 1. The van der Waals surface area contributed by atoms with E-state index < -0.39 is 28.6 Å². The maximum Gasteiger partial charge on any atom is 0.387 e. The lowest BCUT2D eigenvalue weighted by molar-refractivity contribution is -0.135. The molecule has 0 bridgehead atoms. The van der Waals surface area contributed by atoms with Crippen LogP contribution in [0.3, 0.4) is 0 Å². The van der Waals surface area contributed by atoms with Gasteiger partial charge in [-0.15, -0.1) is 0 Å². The third-order valence-electron chi connectivity index (χ3n) is 10.3. The van der Waals surface area contributed by atoms with E-state index in [1.165, 1.54) is 8.87 Å². The number of hydrogen-bond acceptors (Lipinski definition) is 10. The molecule has 3 aliphatic heterocycles. The Morgan fingerprint density at radius 2 is 1.67 bits per heavy atom. The first kappa shape index (κ1) is 35.7. The Bertz CT molecular complexity index is 2120. The number of amides is 2. The number of carbonyl (C=O) groups excluding carboxylic acids is 2. The van der Waals surface area contributed by atoms with Crippen LogP contribution in [0.15, 0.2) is 64.5 Å². The van der Waals surface area contributed by atoms with Crippen molar-refractivity contribution in [1.29, 1.82) is 0 Å². The van der Waals surface area contributed by atoms with Crippen molar-refractivity contribution < 1.29 is 31.5 Å². The number of hydrogen-bond donors (Lipinski definition) is 2. The average Bonchev–Trinajstić information content (AvgIpc) is 3.38. The van der Waals surface area contributed by atoms with Gasteiger partial charge in [0.1, 0.15) is 6.04 Å². The summed E-state index contributed by atoms with van der Waals surface area (Å²) in [5.41, 5.74) is 3.16. The number of imidazole rings is 1.